The SMILES string of the molecule is O=C(O)C=Cc1c(-c2ccccc2)[nH]c2cc(F)ccc12. The summed E-state index contributed by atoms with van der Waals surface area (Å²) in [6.45, 7) is 0. The predicted molar refractivity (Wildman–Crippen MR) is 80.4 cm³/mol. The molecule has 0 radical (unpaired) electrons. The molecule has 104 valence electrons. The Morgan fingerprint density at radius 1 is 1.14 bits per heavy atom. The van der Waals surface area contributed by atoms with Crippen molar-refractivity contribution in [3.05, 3.63) is 66.0 Å². The van der Waals surface area contributed by atoms with Crippen molar-refractivity contribution in [2.75, 3.05) is 0 Å². The largest absolute Gasteiger partial charge is 0.478 e. The fraction of sp³-hybridized carbons (Fsp3) is 0. The Bertz CT molecular complexity index is 835. The minimum atomic E-state index is -1.02. The molecule has 0 aliphatic carbocycles. The van der Waals surface area contributed by atoms with Crippen molar-refractivity contribution < 1.29 is 14.3 Å². The molecule has 0 amide bonds. The number of aromatic amines is 1. The van der Waals surface area contributed by atoms with Crippen LogP contribution in [0.15, 0.2) is 54.6 Å². The number of H-pyrrole nitrogens is 1. The molecule has 0 saturated heterocycles. The second-order valence-electron chi connectivity index (χ2n) is 4.64. The van der Waals surface area contributed by atoms with Gasteiger partial charge in [0.25, 0.3) is 0 Å². The third-order valence-corrected chi connectivity index (χ3v) is 3.26. The van der Waals surface area contributed by atoms with E-state index in [0.717, 1.165) is 28.3 Å². The molecular formula is C17H12FNO2. The van der Waals surface area contributed by atoms with E-state index in [-0.39, 0.29) is 5.82 Å². The Labute approximate surface area is 120 Å². The van der Waals surface area contributed by atoms with Gasteiger partial charge in [0.1, 0.15) is 5.82 Å². The van der Waals surface area contributed by atoms with Gasteiger partial charge in [-0.25, -0.2) is 9.18 Å². The summed E-state index contributed by atoms with van der Waals surface area (Å²) in [5.74, 6) is -1.36. The number of halogens is 1. The first-order valence-electron chi connectivity index (χ1n) is 6.43. The van der Waals surface area contributed by atoms with Crippen LogP contribution in [0.1, 0.15) is 5.56 Å². The summed E-state index contributed by atoms with van der Waals surface area (Å²) in [5, 5.41) is 9.62. The Kier molecular flexibility index (Phi) is 3.28. The molecule has 3 rings (SSSR count). The molecule has 2 N–H and O–H groups in total. The Morgan fingerprint density at radius 3 is 2.62 bits per heavy atom. The highest BCUT2D eigenvalue weighted by Crippen LogP contribution is 2.31. The standard InChI is InChI=1S/C17H12FNO2/c18-12-6-7-13-14(8-9-16(20)21)17(19-15(13)10-12)11-4-2-1-3-5-11/h1-10,19H,(H,20,21). The van der Waals surface area contributed by atoms with Crippen molar-refractivity contribution in [1.82, 2.24) is 4.98 Å². The van der Waals surface area contributed by atoms with E-state index < -0.39 is 5.97 Å². The first-order valence-corrected chi connectivity index (χ1v) is 6.43. The number of carbonyl (C=O) groups is 1. The van der Waals surface area contributed by atoms with Gasteiger partial charge in [0.2, 0.25) is 0 Å². The molecule has 1 heterocycles. The zero-order chi connectivity index (χ0) is 14.8. The molecule has 1 aromatic heterocycles. The van der Waals surface area contributed by atoms with Crippen LogP contribution in [0.5, 0.6) is 0 Å². The lowest BCUT2D eigenvalue weighted by Gasteiger charge is -2.00. The van der Waals surface area contributed by atoms with E-state index in [9.17, 15) is 9.18 Å². The number of nitrogens with one attached hydrogen (secondary N) is 1. The van der Waals surface area contributed by atoms with Gasteiger partial charge >= 0.3 is 5.97 Å². The van der Waals surface area contributed by atoms with Gasteiger partial charge < -0.3 is 10.1 Å². The molecular weight excluding hydrogens is 269 g/mol. The summed E-state index contributed by atoms with van der Waals surface area (Å²) in [7, 11) is 0. The smallest absolute Gasteiger partial charge is 0.328 e. The molecule has 0 atom stereocenters. The minimum Gasteiger partial charge on any atom is -0.478 e. The van der Waals surface area contributed by atoms with Crippen LogP contribution in [-0.4, -0.2) is 16.1 Å². The second-order valence-corrected chi connectivity index (χ2v) is 4.64. The van der Waals surface area contributed by atoms with Gasteiger partial charge in [-0.3, -0.25) is 0 Å². The lowest BCUT2D eigenvalue weighted by molar-refractivity contribution is -0.131. The number of fused-ring (bicyclic) bond motifs is 1. The third kappa shape index (κ3) is 2.56. The maximum Gasteiger partial charge on any atom is 0.328 e. The van der Waals surface area contributed by atoms with E-state index in [1.165, 1.54) is 18.2 Å². The van der Waals surface area contributed by atoms with Crippen molar-refractivity contribution in [2.45, 2.75) is 0 Å². The Morgan fingerprint density at radius 2 is 1.90 bits per heavy atom. The normalized spacial score (nSPS) is 11.3. The lowest BCUT2D eigenvalue weighted by atomic mass is 10.0. The van der Waals surface area contributed by atoms with Gasteiger partial charge in [-0.2, -0.15) is 0 Å². The van der Waals surface area contributed by atoms with Crippen molar-refractivity contribution in [3.63, 3.8) is 0 Å². The number of aromatic nitrogens is 1. The molecule has 0 bridgehead atoms. The molecule has 0 saturated carbocycles. The molecule has 0 aliphatic heterocycles. The molecule has 4 heteroatoms. The van der Waals surface area contributed by atoms with Crippen molar-refractivity contribution in [3.8, 4) is 11.3 Å². The summed E-state index contributed by atoms with van der Waals surface area (Å²) < 4.78 is 13.4. The fourth-order valence-corrected chi connectivity index (χ4v) is 2.35. The van der Waals surface area contributed by atoms with Crippen molar-refractivity contribution >= 4 is 22.9 Å². The highest BCUT2D eigenvalue weighted by atomic mass is 19.1. The second kappa shape index (κ2) is 5.25. The number of aliphatic carboxylic acids is 1. The van der Waals surface area contributed by atoms with E-state index in [2.05, 4.69) is 4.98 Å². The van der Waals surface area contributed by atoms with E-state index in [1.807, 2.05) is 30.3 Å². The molecule has 3 aromatic rings. The van der Waals surface area contributed by atoms with Crippen LogP contribution in [0.25, 0.3) is 28.2 Å². The number of rotatable bonds is 3. The van der Waals surface area contributed by atoms with Gasteiger partial charge in [0, 0.05) is 22.5 Å². The number of carboxylic acid groups (broad SMARTS) is 1. The van der Waals surface area contributed by atoms with E-state index in [1.54, 1.807) is 6.07 Å². The maximum absolute atomic E-state index is 13.4. The quantitative estimate of drug-likeness (QED) is 0.711. The molecule has 0 spiro atoms. The van der Waals surface area contributed by atoms with Gasteiger partial charge in [0.05, 0.1) is 5.69 Å². The first kappa shape index (κ1) is 13.1. The summed E-state index contributed by atoms with van der Waals surface area (Å²) in [6, 6.07) is 13.9. The Balaban J connectivity index is 2.27. The van der Waals surface area contributed by atoms with E-state index in [4.69, 9.17) is 5.11 Å². The highest BCUT2D eigenvalue weighted by molar-refractivity contribution is 5.99. The van der Waals surface area contributed by atoms with Crippen LogP contribution in [0.4, 0.5) is 4.39 Å². The average Bonchev–Trinajstić information content (AvgIpc) is 2.83. The highest BCUT2D eigenvalue weighted by Gasteiger charge is 2.11. The van der Waals surface area contributed by atoms with Gasteiger partial charge in [-0.1, -0.05) is 30.3 Å². The van der Waals surface area contributed by atoms with Crippen molar-refractivity contribution in [2.24, 2.45) is 0 Å². The Hall–Kier alpha value is -2.88. The lowest BCUT2D eigenvalue weighted by Crippen LogP contribution is -1.86. The number of hydrogen-bond donors (Lipinski definition) is 2. The summed E-state index contributed by atoms with van der Waals surface area (Å²) in [5.41, 5.74) is 3.06. The van der Waals surface area contributed by atoms with Crippen LogP contribution < -0.4 is 0 Å². The summed E-state index contributed by atoms with van der Waals surface area (Å²) in [4.78, 5) is 13.9. The zero-order valence-electron chi connectivity index (χ0n) is 11.0. The van der Waals surface area contributed by atoms with Crippen LogP contribution in [0, 0.1) is 5.82 Å². The predicted octanol–water partition coefficient (Wildman–Crippen LogP) is 4.07. The monoisotopic (exact) mass is 281 g/mol. The molecule has 21 heavy (non-hydrogen) atoms. The third-order valence-electron chi connectivity index (χ3n) is 3.26. The van der Waals surface area contributed by atoms with Gasteiger partial charge in [0.15, 0.2) is 0 Å². The van der Waals surface area contributed by atoms with Crippen LogP contribution in [0.3, 0.4) is 0 Å². The van der Waals surface area contributed by atoms with Gasteiger partial charge in [-0.05, 0) is 29.8 Å². The first-order chi connectivity index (χ1) is 10.1. The minimum absolute atomic E-state index is 0.336. The molecule has 2 aromatic carbocycles. The van der Waals surface area contributed by atoms with Crippen LogP contribution in [-0.2, 0) is 4.79 Å². The van der Waals surface area contributed by atoms with Gasteiger partial charge in [-0.15, -0.1) is 0 Å². The topological polar surface area (TPSA) is 53.1 Å². The maximum atomic E-state index is 13.4. The van der Waals surface area contributed by atoms with Crippen LogP contribution in [0.2, 0.25) is 0 Å². The van der Waals surface area contributed by atoms with E-state index >= 15 is 0 Å². The average molecular weight is 281 g/mol. The molecule has 0 fully saturated rings. The number of hydrogen-bond acceptors (Lipinski definition) is 1. The number of carboxylic acids is 1. The molecule has 3 nitrogen and oxygen atoms in total. The van der Waals surface area contributed by atoms with E-state index in [0.29, 0.717) is 5.52 Å². The summed E-state index contributed by atoms with van der Waals surface area (Å²) in [6.07, 6.45) is 2.61. The zero-order valence-corrected chi connectivity index (χ0v) is 11.0. The van der Waals surface area contributed by atoms with Crippen LogP contribution >= 0.6 is 0 Å². The van der Waals surface area contributed by atoms with Crippen molar-refractivity contribution in [1.29, 1.82) is 0 Å². The molecule has 0 aliphatic rings. The number of benzene rings is 2. The summed E-state index contributed by atoms with van der Waals surface area (Å²) >= 11 is 0. The fourth-order valence-electron chi connectivity index (χ4n) is 2.35. The molecule has 0 unspecified atom stereocenters.